The third kappa shape index (κ3) is 4.47. The topological polar surface area (TPSA) is 41.1 Å². The van der Waals surface area contributed by atoms with Crippen LogP contribution in [0.5, 0.6) is 0 Å². The van der Waals surface area contributed by atoms with Gasteiger partial charge in [0.25, 0.3) is 0 Å². The molecule has 0 bridgehead atoms. The van der Waals surface area contributed by atoms with Crippen LogP contribution in [0.2, 0.25) is 0 Å². The summed E-state index contributed by atoms with van der Waals surface area (Å²) in [7, 11) is 0. The second-order valence-electron chi connectivity index (χ2n) is 6.30. The summed E-state index contributed by atoms with van der Waals surface area (Å²) < 4.78 is 0. The summed E-state index contributed by atoms with van der Waals surface area (Å²) in [5.41, 5.74) is 0.443. The van der Waals surface area contributed by atoms with Crippen molar-refractivity contribution in [1.82, 2.24) is 10.6 Å². The van der Waals surface area contributed by atoms with Gasteiger partial charge in [0.2, 0.25) is 5.91 Å². The van der Waals surface area contributed by atoms with Crippen LogP contribution < -0.4 is 10.6 Å². The molecule has 4 heteroatoms. The molecule has 1 saturated carbocycles. The van der Waals surface area contributed by atoms with Gasteiger partial charge in [-0.3, -0.25) is 4.79 Å². The maximum absolute atomic E-state index is 11.9. The van der Waals surface area contributed by atoms with E-state index in [9.17, 15) is 4.79 Å². The number of carbonyl (C=O) groups is 1. The number of rotatable bonds is 6. The molecule has 0 radical (unpaired) electrons. The fourth-order valence-electron chi connectivity index (χ4n) is 2.83. The molecule has 1 saturated heterocycles. The monoisotopic (exact) mass is 270 g/mol. The SMILES string of the molecule is CC(C)CC1(CNC(=O)CC2CSCCN2)CC1. The van der Waals surface area contributed by atoms with Gasteiger partial charge in [0.1, 0.15) is 0 Å². The molecule has 104 valence electrons. The van der Waals surface area contributed by atoms with Gasteiger partial charge < -0.3 is 10.6 Å². The average molecular weight is 270 g/mol. The largest absolute Gasteiger partial charge is 0.355 e. The molecule has 2 fully saturated rings. The second kappa shape index (κ2) is 6.29. The first-order valence-electron chi connectivity index (χ1n) is 7.17. The minimum absolute atomic E-state index is 0.227. The van der Waals surface area contributed by atoms with Crippen molar-refractivity contribution in [2.75, 3.05) is 24.6 Å². The molecule has 1 amide bonds. The van der Waals surface area contributed by atoms with E-state index in [0.29, 0.717) is 17.9 Å². The van der Waals surface area contributed by atoms with Crippen molar-refractivity contribution in [3.05, 3.63) is 0 Å². The van der Waals surface area contributed by atoms with Crippen molar-refractivity contribution < 1.29 is 4.79 Å². The van der Waals surface area contributed by atoms with E-state index in [1.54, 1.807) is 0 Å². The summed E-state index contributed by atoms with van der Waals surface area (Å²) in [6.07, 6.45) is 4.49. The predicted octanol–water partition coefficient (Wildman–Crippen LogP) is 2.02. The number of thioether (sulfide) groups is 1. The molecule has 1 atom stereocenters. The van der Waals surface area contributed by atoms with Gasteiger partial charge in [-0.05, 0) is 30.6 Å². The average Bonchev–Trinajstić information content (AvgIpc) is 3.07. The van der Waals surface area contributed by atoms with Crippen LogP contribution in [-0.2, 0) is 4.79 Å². The first-order chi connectivity index (χ1) is 8.60. The Morgan fingerprint density at radius 1 is 1.50 bits per heavy atom. The lowest BCUT2D eigenvalue weighted by Gasteiger charge is -2.23. The van der Waals surface area contributed by atoms with Crippen LogP contribution in [0.4, 0.5) is 0 Å². The van der Waals surface area contributed by atoms with Gasteiger partial charge in [-0.1, -0.05) is 13.8 Å². The van der Waals surface area contributed by atoms with Crippen molar-refractivity contribution in [2.24, 2.45) is 11.3 Å². The van der Waals surface area contributed by atoms with Gasteiger partial charge >= 0.3 is 0 Å². The molecule has 3 nitrogen and oxygen atoms in total. The lowest BCUT2D eigenvalue weighted by Crippen LogP contribution is -2.42. The van der Waals surface area contributed by atoms with Crippen LogP contribution in [0, 0.1) is 11.3 Å². The van der Waals surface area contributed by atoms with Crippen LogP contribution in [0.1, 0.15) is 39.5 Å². The Bertz CT molecular complexity index is 284. The van der Waals surface area contributed by atoms with Gasteiger partial charge in [0, 0.05) is 37.1 Å². The van der Waals surface area contributed by atoms with Crippen molar-refractivity contribution >= 4 is 17.7 Å². The zero-order valence-corrected chi connectivity index (χ0v) is 12.4. The maximum Gasteiger partial charge on any atom is 0.221 e. The van der Waals surface area contributed by atoms with E-state index < -0.39 is 0 Å². The van der Waals surface area contributed by atoms with E-state index in [1.165, 1.54) is 25.0 Å². The van der Waals surface area contributed by atoms with E-state index in [0.717, 1.165) is 24.8 Å². The summed E-state index contributed by atoms with van der Waals surface area (Å²) in [6.45, 7) is 6.47. The standard InChI is InChI=1S/C14H26N2OS/c1-11(2)8-14(3-4-14)10-16-13(17)7-12-9-18-6-5-15-12/h11-12,15H,3-10H2,1-2H3,(H,16,17). The minimum atomic E-state index is 0.227. The first-order valence-corrected chi connectivity index (χ1v) is 8.33. The minimum Gasteiger partial charge on any atom is -0.355 e. The number of amides is 1. The van der Waals surface area contributed by atoms with E-state index in [2.05, 4.69) is 24.5 Å². The third-order valence-electron chi connectivity index (χ3n) is 3.89. The predicted molar refractivity (Wildman–Crippen MR) is 77.9 cm³/mol. The Hall–Kier alpha value is -0.220. The van der Waals surface area contributed by atoms with Crippen LogP contribution >= 0.6 is 11.8 Å². The van der Waals surface area contributed by atoms with E-state index in [-0.39, 0.29) is 5.91 Å². The van der Waals surface area contributed by atoms with Crippen molar-refractivity contribution in [3.8, 4) is 0 Å². The normalized spacial score (nSPS) is 26.1. The third-order valence-corrected chi connectivity index (χ3v) is 5.02. The Morgan fingerprint density at radius 3 is 2.83 bits per heavy atom. The summed E-state index contributed by atoms with van der Waals surface area (Å²) in [5, 5.41) is 6.56. The number of carbonyl (C=O) groups excluding carboxylic acids is 1. The number of nitrogens with one attached hydrogen (secondary N) is 2. The number of hydrogen-bond donors (Lipinski definition) is 2. The first kappa shape index (κ1) is 14.2. The van der Waals surface area contributed by atoms with Crippen molar-refractivity contribution in [2.45, 2.75) is 45.6 Å². The molecule has 0 spiro atoms. The smallest absolute Gasteiger partial charge is 0.221 e. The van der Waals surface area contributed by atoms with Crippen LogP contribution in [0.25, 0.3) is 0 Å². The molecular weight excluding hydrogens is 244 g/mol. The fourth-order valence-corrected chi connectivity index (χ4v) is 3.78. The van der Waals surface area contributed by atoms with Crippen molar-refractivity contribution in [1.29, 1.82) is 0 Å². The Morgan fingerprint density at radius 2 is 2.28 bits per heavy atom. The molecule has 2 rings (SSSR count). The molecule has 1 heterocycles. The molecule has 0 aromatic carbocycles. The van der Waals surface area contributed by atoms with Gasteiger partial charge in [0.05, 0.1) is 0 Å². The Labute approximate surface area is 115 Å². The van der Waals surface area contributed by atoms with Gasteiger partial charge in [-0.2, -0.15) is 11.8 Å². The van der Waals surface area contributed by atoms with E-state index in [4.69, 9.17) is 0 Å². The summed E-state index contributed by atoms with van der Waals surface area (Å²) in [5.74, 6) is 3.21. The molecule has 18 heavy (non-hydrogen) atoms. The van der Waals surface area contributed by atoms with Crippen molar-refractivity contribution in [3.63, 3.8) is 0 Å². The lowest BCUT2D eigenvalue weighted by molar-refractivity contribution is -0.121. The van der Waals surface area contributed by atoms with Gasteiger partial charge in [-0.15, -0.1) is 0 Å². The Kier molecular flexibility index (Phi) is 4.96. The number of hydrogen-bond acceptors (Lipinski definition) is 3. The highest BCUT2D eigenvalue weighted by Crippen LogP contribution is 2.49. The highest BCUT2D eigenvalue weighted by molar-refractivity contribution is 7.99. The molecule has 1 aliphatic carbocycles. The van der Waals surface area contributed by atoms with Gasteiger partial charge in [-0.25, -0.2) is 0 Å². The highest BCUT2D eigenvalue weighted by Gasteiger charge is 2.42. The zero-order valence-electron chi connectivity index (χ0n) is 11.6. The van der Waals surface area contributed by atoms with E-state index in [1.807, 2.05) is 11.8 Å². The summed E-state index contributed by atoms with van der Waals surface area (Å²) in [4.78, 5) is 11.9. The van der Waals surface area contributed by atoms with E-state index >= 15 is 0 Å². The molecular formula is C14H26N2OS. The summed E-state index contributed by atoms with van der Waals surface area (Å²) >= 11 is 1.95. The van der Waals surface area contributed by atoms with Gasteiger partial charge in [0.15, 0.2) is 0 Å². The molecule has 0 aromatic rings. The molecule has 2 aliphatic rings. The molecule has 0 aromatic heterocycles. The summed E-state index contributed by atoms with van der Waals surface area (Å²) in [6, 6.07) is 0.379. The highest BCUT2D eigenvalue weighted by atomic mass is 32.2. The Balaban J connectivity index is 1.65. The molecule has 1 aliphatic heterocycles. The maximum atomic E-state index is 11.9. The fraction of sp³-hybridized carbons (Fsp3) is 0.929. The van der Waals surface area contributed by atoms with Crippen LogP contribution in [0.3, 0.4) is 0 Å². The quantitative estimate of drug-likeness (QED) is 0.776. The molecule has 1 unspecified atom stereocenters. The van der Waals surface area contributed by atoms with Crippen LogP contribution in [0.15, 0.2) is 0 Å². The van der Waals surface area contributed by atoms with Crippen LogP contribution in [-0.4, -0.2) is 36.5 Å². The lowest BCUT2D eigenvalue weighted by atomic mass is 9.94. The molecule has 2 N–H and O–H groups in total. The second-order valence-corrected chi connectivity index (χ2v) is 7.45. The zero-order chi connectivity index (χ0) is 13.0.